The first-order chi connectivity index (χ1) is 4.66. The summed E-state index contributed by atoms with van der Waals surface area (Å²) >= 11 is 0. The molecule has 0 radical (unpaired) electrons. The molecule has 0 aliphatic rings. The molecule has 0 saturated heterocycles. The van der Waals surface area contributed by atoms with Crippen LogP contribution in [0.3, 0.4) is 0 Å². The summed E-state index contributed by atoms with van der Waals surface area (Å²) in [5, 5.41) is 7.08. The van der Waals surface area contributed by atoms with Crippen molar-refractivity contribution in [3.63, 3.8) is 0 Å². The quantitative estimate of drug-likeness (QED) is 0.581. The summed E-state index contributed by atoms with van der Waals surface area (Å²) < 4.78 is 0. The third-order valence-electron chi connectivity index (χ3n) is 1.33. The van der Waals surface area contributed by atoms with Crippen LogP contribution in [-0.4, -0.2) is 18.5 Å². The van der Waals surface area contributed by atoms with Gasteiger partial charge in [0, 0.05) is 11.9 Å². The lowest BCUT2D eigenvalue weighted by Crippen LogP contribution is -1.98. The van der Waals surface area contributed by atoms with Crippen molar-refractivity contribution < 1.29 is 0 Å². The van der Waals surface area contributed by atoms with E-state index in [4.69, 9.17) is 5.41 Å². The second-order valence-electron chi connectivity index (χ2n) is 2.66. The predicted molar refractivity (Wildman–Crippen MR) is 46.2 cm³/mol. The van der Waals surface area contributed by atoms with Crippen LogP contribution in [0.2, 0.25) is 0 Å². The van der Waals surface area contributed by atoms with Crippen LogP contribution in [0.4, 0.5) is 0 Å². The summed E-state index contributed by atoms with van der Waals surface area (Å²) in [6.45, 7) is 6.59. The fourth-order valence-corrected chi connectivity index (χ4v) is 0.475. The van der Waals surface area contributed by atoms with Gasteiger partial charge in [-0.3, -0.25) is 4.99 Å². The number of aliphatic imine (C=N–C) groups is 1. The normalized spacial score (nSPS) is 13.9. The minimum absolute atomic E-state index is 0.555. The van der Waals surface area contributed by atoms with E-state index in [0.717, 1.165) is 6.42 Å². The Kier molecular flexibility index (Phi) is 4.81. The number of hydrogen-bond acceptors (Lipinski definition) is 2. The molecule has 0 bridgehead atoms. The molecular weight excluding hydrogens is 124 g/mol. The Labute approximate surface area is 62.9 Å². The van der Waals surface area contributed by atoms with Gasteiger partial charge in [-0.25, -0.2) is 0 Å². The van der Waals surface area contributed by atoms with Crippen LogP contribution in [0.15, 0.2) is 4.99 Å². The number of nitrogens with zero attached hydrogens (tertiary/aromatic N) is 1. The van der Waals surface area contributed by atoms with Gasteiger partial charge in [0.1, 0.15) is 0 Å². The third kappa shape index (κ3) is 5.48. The smallest absolute Gasteiger partial charge is 0.0758 e. The molecular formula is C8H16N2. The topological polar surface area (TPSA) is 36.2 Å². The maximum Gasteiger partial charge on any atom is 0.0758 e. The molecule has 0 spiro atoms. The maximum atomic E-state index is 7.08. The summed E-state index contributed by atoms with van der Waals surface area (Å²) in [6, 6.07) is 0. The zero-order chi connectivity index (χ0) is 7.98. The van der Waals surface area contributed by atoms with Gasteiger partial charge in [0.05, 0.1) is 6.54 Å². The summed E-state index contributed by atoms with van der Waals surface area (Å²) in [5.41, 5.74) is 0.625. The molecule has 10 heavy (non-hydrogen) atoms. The first kappa shape index (κ1) is 9.34. The summed E-state index contributed by atoms with van der Waals surface area (Å²) in [5.74, 6) is 0.555. The molecule has 0 fully saturated rings. The van der Waals surface area contributed by atoms with E-state index >= 15 is 0 Å². The van der Waals surface area contributed by atoms with Gasteiger partial charge in [0.25, 0.3) is 0 Å². The molecule has 0 rings (SSSR count). The Bertz CT molecular complexity index is 127. The molecule has 0 aromatic heterocycles. The lowest BCUT2D eigenvalue weighted by atomic mass is 10.1. The Morgan fingerprint density at radius 1 is 1.70 bits per heavy atom. The van der Waals surface area contributed by atoms with Crippen molar-refractivity contribution in [1.29, 1.82) is 5.41 Å². The van der Waals surface area contributed by atoms with E-state index in [9.17, 15) is 0 Å². The van der Waals surface area contributed by atoms with E-state index in [2.05, 4.69) is 18.8 Å². The molecule has 1 atom stereocenters. The van der Waals surface area contributed by atoms with E-state index in [1.807, 2.05) is 6.21 Å². The van der Waals surface area contributed by atoms with Gasteiger partial charge < -0.3 is 5.41 Å². The first-order valence-electron chi connectivity index (χ1n) is 3.70. The molecule has 1 N–H and O–H groups in total. The molecule has 0 saturated carbocycles. The SMILES string of the molecule is CCC(C)C=NCC(C)=N. The summed E-state index contributed by atoms with van der Waals surface area (Å²) in [7, 11) is 0. The van der Waals surface area contributed by atoms with Crippen LogP contribution in [0, 0.1) is 11.3 Å². The minimum atomic E-state index is 0.555. The van der Waals surface area contributed by atoms with Gasteiger partial charge in [-0.2, -0.15) is 0 Å². The molecule has 2 nitrogen and oxygen atoms in total. The van der Waals surface area contributed by atoms with E-state index < -0.39 is 0 Å². The van der Waals surface area contributed by atoms with Crippen LogP contribution in [-0.2, 0) is 0 Å². The number of hydrogen-bond donors (Lipinski definition) is 1. The number of rotatable bonds is 4. The van der Waals surface area contributed by atoms with Crippen molar-refractivity contribution in [2.24, 2.45) is 10.9 Å². The van der Waals surface area contributed by atoms with E-state index in [0.29, 0.717) is 18.2 Å². The van der Waals surface area contributed by atoms with Crippen LogP contribution in [0.25, 0.3) is 0 Å². The second-order valence-corrected chi connectivity index (χ2v) is 2.66. The van der Waals surface area contributed by atoms with Crippen LogP contribution < -0.4 is 0 Å². The Hall–Kier alpha value is -0.660. The standard InChI is InChI=1S/C8H16N2/c1-4-7(2)5-10-6-8(3)9/h5,7,9H,4,6H2,1-3H3. The molecule has 2 heteroatoms. The fourth-order valence-electron chi connectivity index (χ4n) is 0.475. The molecule has 58 valence electrons. The van der Waals surface area contributed by atoms with Crippen LogP contribution in [0.1, 0.15) is 27.2 Å². The highest BCUT2D eigenvalue weighted by Gasteiger charge is 1.90. The summed E-state index contributed by atoms with van der Waals surface area (Å²) in [6.07, 6.45) is 3.05. The van der Waals surface area contributed by atoms with Gasteiger partial charge in [-0.15, -0.1) is 0 Å². The van der Waals surface area contributed by atoms with Crippen LogP contribution in [0.5, 0.6) is 0 Å². The van der Waals surface area contributed by atoms with Crippen LogP contribution >= 0.6 is 0 Å². The number of nitrogens with one attached hydrogen (secondary N) is 1. The van der Waals surface area contributed by atoms with E-state index in [1.165, 1.54) is 0 Å². The Morgan fingerprint density at radius 2 is 2.30 bits per heavy atom. The highest BCUT2D eigenvalue weighted by molar-refractivity contribution is 5.82. The molecule has 0 heterocycles. The molecule has 1 unspecified atom stereocenters. The predicted octanol–water partition coefficient (Wildman–Crippen LogP) is 2.14. The molecule has 0 aliphatic carbocycles. The van der Waals surface area contributed by atoms with Gasteiger partial charge in [0.15, 0.2) is 0 Å². The molecule has 0 aromatic rings. The average Bonchev–Trinajstić information content (AvgIpc) is 1.87. The van der Waals surface area contributed by atoms with Crippen molar-refractivity contribution in [2.75, 3.05) is 6.54 Å². The maximum absolute atomic E-state index is 7.08. The second kappa shape index (κ2) is 5.15. The van der Waals surface area contributed by atoms with Gasteiger partial charge in [-0.05, 0) is 19.3 Å². The van der Waals surface area contributed by atoms with E-state index in [1.54, 1.807) is 6.92 Å². The average molecular weight is 140 g/mol. The minimum Gasteiger partial charge on any atom is -0.308 e. The van der Waals surface area contributed by atoms with Crippen molar-refractivity contribution in [3.8, 4) is 0 Å². The molecule has 0 aliphatic heterocycles. The fraction of sp³-hybridized carbons (Fsp3) is 0.750. The van der Waals surface area contributed by atoms with Crippen molar-refractivity contribution in [2.45, 2.75) is 27.2 Å². The van der Waals surface area contributed by atoms with Crippen molar-refractivity contribution in [3.05, 3.63) is 0 Å². The third-order valence-corrected chi connectivity index (χ3v) is 1.33. The Balaban J connectivity index is 3.45. The lowest BCUT2D eigenvalue weighted by Gasteiger charge is -1.97. The monoisotopic (exact) mass is 140 g/mol. The zero-order valence-electron chi connectivity index (χ0n) is 7.02. The first-order valence-corrected chi connectivity index (χ1v) is 3.70. The van der Waals surface area contributed by atoms with Gasteiger partial charge in [-0.1, -0.05) is 13.8 Å². The van der Waals surface area contributed by atoms with Gasteiger partial charge in [0.2, 0.25) is 0 Å². The largest absolute Gasteiger partial charge is 0.308 e. The highest BCUT2D eigenvalue weighted by Crippen LogP contribution is 1.94. The van der Waals surface area contributed by atoms with Gasteiger partial charge >= 0.3 is 0 Å². The lowest BCUT2D eigenvalue weighted by molar-refractivity contribution is 0.752. The van der Waals surface area contributed by atoms with Crippen molar-refractivity contribution in [1.82, 2.24) is 0 Å². The van der Waals surface area contributed by atoms with Crippen molar-refractivity contribution >= 4 is 11.9 Å². The summed E-state index contributed by atoms with van der Waals surface area (Å²) in [4.78, 5) is 4.09. The zero-order valence-corrected chi connectivity index (χ0v) is 7.02. The van der Waals surface area contributed by atoms with E-state index in [-0.39, 0.29) is 0 Å². The molecule has 0 amide bonds. The Morgan fingerprint density at radius 3 is 2.70 bits per heavy atom. The highest BCUT2D eigenvalue weighted by atomic mass is 14.7. The molecule has 0 aromatic carbocycles.